The minimum absolute atomic E-state index is 0.0520. The van der Waals surface area contributed by atoms with Crippen LogP contribution in [0.4, 0.5) is 0 Å². The second-order valence-electron chi connectivity index (χ2n) is 6.67. The quantitative estimate of drug-likeness (QED) is 0.746. The molecule has 0 aromatic carbocycles. The molecule has 1 fully saturated rings. The van der Waals surface area contributed by atoms with Gasteiger partial charge < -0.3 is 10.6 Å². The lowest BCUT2D eigenvalue weighted by Gasteiger charge is -2.32. The maximum absolute atomic E-state index is 12.3. The molecule has 2 N–H and O–H groups in total. The van der Waals surface area contributed by atoms with Gasteiger partial charge in [-0.1, -0.05) is 27.7 Å². The monoisotopic (exact) mass is 268 g/mol. The largest absolute Gasteiger partial charge is 0.317 e. The summed E-state index contributed by atoms with van der Waals surface area (Å²) in [4.78, 5) is 12.3. The van der Waals surface area contributed by atoms with Gasteiger partial charge in [-0.15, -0.1) is 0 Å². The molecular formula is C16H32N2O. The second kappa shape index (κ2) is 8.01. The molecular weight excluding hydrogens is 236 g/mol. The van der Waals surface area contributed by atoms with E-state index >= 15 is 0 Å². The molecule has 0 radical (unpaired) electrons. The van der Waals surface area contributed by atoms with E-state index in [4.69, 9.17) is 0 Å². The molecule has 0 spiro atoms. The van der Waals surface area contributed by atoms with E-state index in [0.29, 0.717) is 23.8 Å². The Labute approximate surface area is 118 Å². The van der Waals surface area contributed by atoms with Gasteiger partial charge in [-0.3, -0.25) is 4.79 Å². The van der Waals surface area contributed by atoms with Gasteiger partial charge in [-0.05, 0) is 45.1 Å². The molecule has 0 bridgehead atoms. The van der Waals surface area contributed by atoms with Crippen LogP contribution in [-0.4, -0.2) is 31.0 Å². The fourth-order valence-corrected chi connectivity index (χ4v) is 3.09. The number of carbonyl (C=O) groups is 1. The highest BCUT2D eigenvalue weighted by Crippen LogP contribution is 2.28. The first-order valence-corrected chi connectivity index (χ1v) is 7.91. The van der Waals surface area contributed by atoms with E-state index in [1.807, 2.05) is 13.8 Å². The van der Waals surface area contributed by atoms with Crippen molar-refractivity contribution in [1.29, 1.82) is 0 Å². The van der Waals surface area contributed by atoms with Gasteiger partial charge in [0.2, 0.25) is 0 Å². The zero-order valence-electron chi connectivity index (χ0n) is 13.3. The highest BCUT2D eigenvalue weighted by atomic mass is 16.1. The van der Waals surface area contributed by atoms with Gasteiger partial charge in [0.25, 0.3) is 0 Å². The number of carbonyl (C=O) groups excluding carboxylic acids is 1. The van der Waals surface area contributed by atoms with Crippen LogP contribution in [0, 0.1) is 11.8 Å². The zero-order chi connectivity index (χ0) is 14.4. The van der Waals surface area contributed by atoms with Crippen molar-refractivity contribution in [2.75, 3.05) is 7.05 Å². The average Bonchev–Trinajstić information content (AvgIpc) is 2.37. The smallest absolute Gasteiger partial charge is 0.152 e. The van der Waals surface area contributed by atoms with E-state index in [1.54, 1.807) is 0 Å². The molecule has 1 rings (SSSR count). The molecule has 112 valence electrons. The van der Waals surface area contributed by atoms with E-state index in [-0.39, 0.29) is 12.0 Å². The molecule has 3 heteroatoms. The Kier molecular flexibility index (Phi) is 7.01. The first kappa shape index (κ1) is 16.6. The molecule has 0 aromatic rings. The predicted molar refractivity (Wildman–Crippen MR) is 81.3 cm³/mol. The molecule has 0 amide bonds. The van der Waals surface area contributed by atoms with Crippen LogP contribution in [0.1, 0.15) is 59.8 Å². The Morgan fingerprint density at radius 1 is 1.11 bits per heavy atom. The Balaban J connectivity index is 2.50. The topological polar surface area (TPSA) is 41.1 Å². The lowest BCUT2D eigenvalue weighted by atomic mass is 9.80. The molecule has 0 aliphatic heterocycles. The second-order valence-corrected chi connectivity index (χ2v) is 6.67. The van der Waals surface area contributed by atoms with E-state index in [1.165, 1.54) is 25.7 Å². The van der Waals surface area contributed by atoms with Gasteiger partial charge in [0.1, 0.15) is 0 Å². The van der Waals surface area contributed by atoms with Crippen molar-refractivity contribution in [3.63, 3.8) is 0 Å². The van der Waals surface area contributed by atoms with Crippen LogP contribution in [0.2, 0.25) is 0 Å². The summed E-state index contributed by atoms with van der Waals surface area (Å²) in [5, 5.41) is 6.84. The first-order chi connectivity index (χ1) is 8.93. The van der Waals surface area contributed by atoms with Crippen LogP contribution in [0.3, 0.4) is 0 Å². The number of nitrogens with one attached hydrogen (secondary N) is 2. The van der Waals surface area contributed by atoms with Crippen LogP contribution in [0.15, 0.2) is 0 Å². The molecule has 0 heterocycles. The van der Waals surface area contributed by atoms with Gasteiger partial charge in [0, 0.05) is 18.0 Å². The molecule has 0 aromatic heterocycles. The van der Waals surface area contributed by atoms with Crippen molar-refractivity contribution in [2.45, 2.75) is 77.9 Å². The summed E-state index contributed by atoms with van der Waals surface area (Å²) in [5.41, 5.74) is 0. The molecule has 1 aliphatic carbocycles. The molecule has 0 saturated heterocycles. The summed E-state index contributed by atoms with van der Waals surface area (Å²) < 4.78 is 0. The molecule has 1 unspecified atom stereocenters. The summed E-state index contributed by atoms with van der Waals surface area (Å²) in [6.07, 6.45) is 6.04. The minimum Gasteiger partial charge on any atom is -0.317 e. The van der Waals surface area contributed by atoms with E-state index in [2.05, 4.69) is 31.5 Å². The third-order valence-corrected chi connectivity index (χ3v) is 4.27. The van der Waals surface area contributed by atoms with Crippen molar-refractivity contribution in [3.8, 4) is 0 Å². The Morgan fingerprint density at radius 3 is 2.11 bits per heavy atom. The molecule has 1 aliphatic rings. The van der Waals surface area contributed by atoms with Gasteiger partial charge in [-0.25, -0.2) is 0 Å². The molecule has 1 atom stereocenters. The van der Waals surface area contributed by atoms with Crippen molar-refractivity contribution >= 4 is 5.78 Å². The maximum atomic E-state index is 12.3. The molecule has 1 saturated carbocycles. The fraction of sp³-hybridized carbons (Fsp3) is 0.938. The van der Waals surface area contributed by atoms with Gasteiger partial charge in [0.05, 0.1) is 6.04 Å². The van der Waals surface area contributed by atoms with Crippen LogP contribution in [0.5, 0.6) is 0 Å². The van der Waals surface area contributed by atoms with Crippen molar-refractivity contribution in [3.05, 3.63) is 0 Å². The fourth-order valence-electron chi connectivity index (χ4n) is 3.09. The van der Waals surface area contributed by atoms with Crippen LogP contribution >= 0.6 is 0 Å². The zero-order valence-corrected chi connectivity index (χ0v) is 13.3. The third kappa shape index (κ3) is 5.62. The van der Waals surface area contributed by atoms with Crippen LogP contribution in [-0.2, 0) is 4.79 Å². The van der Waals surface area contributed by atoms with Gasteiger partial charge >= 0.3 is 0 Å². The average molecular weight is 268 g/mol. The Hall–Kier alpha value is -0.410. The number of rotatable bonds is 7. The summed E-state index contributed by atoms with van der Waals surface area (Å²) >= 11 is 0. The number of ketones is 1. The SMILES string of the molecule is CNC1CCC(CC(NC(C)C)C(=O)C(C)C)CC1. The van der Waals surface area contributed by atoms with Crippen molar-refractivity contribution in [1.82, 2.24) is 10.6 Å². The van der Waals surface area contributed by atoms with Crippen molar-refractivity contribution < 1.29 is 4.79 Å². The maximum Gasteiger partial charge on any atom is 0.152 e. The number of hydrogen-bond acceptors (Lipinski definition) is 3. The van der Waals surface area contributed by atoms with E-state index < -0.39 is 0 Å². The lowest BCUT2D eigenvalue weighted by Crippen LogP contribution is -2.44. The van der Waals surface area contributed by atoms with Gasteiger partial charge in [-0.2, -0.15) is 0 Å². The Morgan fingerprint density at radius 2 is 1.68 bits per heavy atom. The lowest BCUT2D eigenvalue weighted by molar-refractivity contribution is -0.124. The highest BCUT2D eigenvalue weighted by molar-refractivity contribution is 5.85. The first-order valence-electron chi connectivity index (χ1n) is 7.91. The molecule has 3 nitrogen and oxygen atoms in total. The summed E-state index contributed by atoms with van der Waals surface area (Å²) in [6.45, 7) is 8.27. The Bertz CT molecular complexity index is 268. The highest BCUT2D eigenvalue weighted by Gasteiger charge is 2.27. The number of hydrogen-bond donors (Lipinski definition) is 2. The standard InChI is InChI=1S/C16H32N2O/c1-11(2)16(19)15(18-12(3)4)10-13-6-8-14(17-5)9-7-13/h11-15,17-18H,6-10H2,1-5H3. The summed E-state index contributed by atoms with van der Waals surface area (Å²) in [5.74, 6) is 1.22. The number of Topliss-reactive ketones (excluding diaryl/α,β-unsaturated/α-hetero) is 1. The van der Waals surface area contributed by atoms with E-state index in [0.717, 1.165) is 6.42 Å². The van der Waals surface area contributed by atoms with E-state index in [9.17, 15) is 4.79 Å². The van der Waals surface area contributed by atoms with Crippen LogP contribution < -0.4 is 10.6 Å². The van der Waals surface area contributed by atoms with Crippen LogP contribution in [0.25, 0.3) is 0 Å². The predicted octanol–water partition coefficient (Wildman–Crippen LogP) is 2.75. The normalized spacial score (nSPS) is 25.8. The third-order valence-electron chi connectivity index (χ3n) is 4.27. The summed E-state index contributed by atoms with van der Waals surface area (Å²) in [7, 11) is 2.05. The minimum atomic E-state index is 0.0520. The van der Waals surface area contributed by atoms with Crippen molar-refractivity contribution in [2.24, 2.45) is 11.8 Å². The van der Waals surface area contributed by atoms with Gasteiger partial charge in [0.15, 0.2) is 5.78 Å². The summed E-state index contributed by atoms with van der Waals surface area (Å²) in [6, 6.07) is 1.12. The molecule has 19 heavy (non-hydrogen) atoms.